The van der Waals surface area contributed by atoms with Gasteiger partial charge in [0.1, 0.15) is 17.5 Å². The molecule has 0 radical (unpaired) electrons. The number of aryl methyl sites for hydroxylation is 1. The molecule has 1 heterocycles. The third-order valence-electron chi connectivity index (χ3n) is 3.28. The van der Waals surface area contributed by atoms with Crippen molar-refractivity contribution in [3.05, 3.63) is 46.7 Å². The average Bonchev–Trinajstić information content (AvgIpc) is 2.50. The molecule has 1 aromatic carbocycles. The quantitative estimate of drug-likeness (QED) is 0.678. The Morgan fingerprint density at radius 3 is 2.60 bits per heavy atom. The van der Waals surface area contributed by atoms with Crippen molar-refractivity contribution in [2.45, 2.75) is 12.7 Å². The molecule has 0 aliphatic rings. The topological polar surface area (TPSA) is 87.2 Å². The Morgan fingerprint density at radius 2 is 1.92 bits per heavy atom. The van der Waals surface area contributed by atoms with Gasteiger partial charge in [0.05, 0.1) is 5.75 Å². The number of hydrogen-bond acceptors (Lipinski definition) is 6. The second-order valence-corrected chi connectivity index (χ2v) is 8.01. The third-order valence-corrected chi connectivity index (χ3v) is 4.87. The van der Waals surface area contributed by atoms with Crippen molar-refractivity contribution in [2.75, 3.05) is 37.4 Å². The van der Waals surface area contributed by atoms with Gasteiger partial charge in [-0.05, 0) is 24.6 Å². The number of rotatable bonds is 8. The molecule has 2 aromatic rings. The minimum Gasteiger partial charge on any atom is -0.369 e. The summed E-state index contributed by atoms with van der Waals surface area (Å²) >= 11 is 5.88. The van der Waals surface area contributed by atoms with E-state index >= 15 is 0 Å². The molecule has 0 saturated heterocycles. The number of aromatic nitrogens is 2. The molecule has 0 bridgehead atoms. The van der Waals surface area contributed by atoms with E-state index in [0.717, 1.165) is 5.82 Å². The standard InChI is InChI=1S/C16H22ClN5O2S/c1-12-20-15(10-16(21-12)22(2)3)18-7-8-19-25(23,24)11-13-5-4-6-14(17)9-13/h4-6,9-10,19H,7-8,11H2,1-3H3,(H,18,20,21). The molecule has 25 heavy (non-hydrogen) atoms. The molecule has 2 rings (SSSR count). The van der Waals surface area contributed by atoms with Gasteiger partial charge in [0.2, 0.25) is 10.0 Å². The van der Waals surface area contributed by atoms with Crippen LogP contribution in [0.5, 0.6) is 0 Å². The van der Waals surface area contributed by atoms with Crippen LogP contribution in [0.15, 0.2) is 30.3 Å². The van der Waals surface area contributed by atoms with Crippen LogP contribution < -0.4 is 14.9 Å². The van der Waals surface area contributed by atoms with Crippen molar-refractivity contribution in [1.82, 2.24) is 14.7 Å². The van der Waals surface area contributed by atoms with Gasteiger partial charge in [0.25, 0.3) is 0 Å². The van der Waals surface area contributed by atoms with Crippen LogP contribution in [0.3, 0.4) is 0 Å². The summed E-state index contributed by atoms with van der Waals surface area (Å²) in [7, 11) is 0.371. The first-order chi connectivity index (χ1) is 11.7. The van der Waals surface area contributed by atoms with Gasteiger partial charge in [-0.25, -0.2) is 23.1 Å². The van der Waals surface area contributed by atoms with Crippen LogP contribution in [0, 0.1) is 6.92 Å². The van der Waals surface area contributed by atoms with Gasteiger partial charge in [0.15, 0.2) is 0 Å². The number of nitrogens with zero attached hydrogens (tertiary/aromatic N) is 3. The molecule has 2 N–H and O–H groups in total. The zero-order chi connectivity index (χ0) is 18.4. The van der Waals surface area contributed by atoms with E-state index in [-0.39, 0.29) is 12.3 Å². The maximum absolute atomic E-state index is 12.1. The van der Waals surface area contributed by atoms with Crippen molar-refractivity contribution >= 4 is 33.3 Å². The van der Waals surface area contributed by atoms with Gasteiger partial charge in [-0.15, -0.1) is 0 Å². The first kappa shape index (κ1) is 19.4. The Balaban J connectivity index is 1.86. The number of halogens is 1. The maximum atomic E-state index is 12.1. The second kappa shape index (κ2) is 8.46. The van der Waals surface area contributed by atoms with E-state index in [4.69, 9.17) is 11.6 Å². The minimum absolute atomic E-state index is 0.106. The highest BCUT2D eigenvalue weighted by atomic mass is 35.5. The molecule has 136 valence electrons. The Hall–Kier alpha value is -1.90. The van der Waals surface area contributed by atoms with Gasteiger partial charge < -0.3 is 10.2 Å². The lowest BCUT2D eigenvalue weighted by Gasteiger charge is -2.14. The van der Waals surface area contributed by atoms with E-state index in [1.54, 1.807) is 24.3 Å². The fourth-order valence-electron chi connectivity index (χ4n) is 2.17. The van der Waals surface area contributed by atoms with E-state index < -0.39 is 10.0 Å². The van der Waals surface area contributed by atoms with E-state index in [1.807, 2.05) is 32.0 Å². The molecule has 7 nitrogen and oxygen atoms in total. The number of hydrogen-bond donors (Lipinski definition) is 2. The van der Waals surface area contributed by atoms with Crippen LogP contribution in [0.4, 0.5) is 11.6 Å². The van der Waals surface area contributed by atoms with Gasteiger partial charge in [0, 0.05) is 38.3 Å². The van der Waals surface area contributed by atoms with Crippen LogP contribution >= 0.6 is 11.6 Å². The summed E-state index contributed by atoms with van der Waals surface area (Å²) in [5.41, 5.74) is 0.648. The summed E-state index contributed by atoms with van der Waals surface area (Å²) in [6, 6.07) is 8.63. The molecule has 0 saturated carbocycles. The molecular formula is C16H22ClN5O2S. The highest BCUT2D eigenvalue weighted by Gasteiger charge is 2.11. The van der Waals surface area contributed by atoms with Gasteiger partial charge in [-0.2, -0.15) is 0 Å². The summed E-state index contributed by atoms with van der Waals surface area (Å²) in [6.07, 6.45) is 0. The predicted octanol–water partition coefficient (Wildman–Crippen LogP) is 2.04. The normalized spacial score (nSPS) is 11.4. The SMILES string of the molecule is Cc1nc(NCCNS(=O)(=O)Cc2cccc(Cl)c2)cc(N(C)C)n1. The van der Waals surface area contributed by atoms with E-state index in [1.165, 1.54) is 0 Å². The Labute approximate surface area is 153 Å². The summed E-state index contributed by atoms with van der Waals surface area (Å²) < 4.78 is 26.8. The number of anilines is 2. The van der Waals surface area contributed by atoms with Crippen LogP contribution in [-0.2, 0) is 15.8 Å². The predicted molar refractivity (Wildman–Crippen MR) is 102 cm³/mol. The van der Waals surface area contributed by atoms with E-state index in [0.29, 0.717) is 28.8 Å². The highest BCUT2D eigenvalue weighted by molar-refractivity contribution is 7.88. The fraction of sp³-hybridized carbons (Fsp3) is 0.375. The summed E-state index contributed by atoms with van der Waals surface area (Å²) in [6.45, 7) is 2.48. The largest absolute Gasteiger partial charge is 0.369 e. The van der Waals surface area contributed by atoms with Crippen LogP contribution in [-0.4, -0.2) is 45.6 Å². The molecule has 0 atom stereocenters. The Morgan fingerprint density at radius 1 is 1.16 bits per heavy atom. The van der Waals surface area contributed by atoms with Crippen molar-refractivity contribution in [3.8, 4) is 0 Å². The van der Waals surface area contributed by atoms with Crippen molar-refractivity contribution in [3.63, 3.8) is 0 Å². The maximum Gasteiger partial charge on any atom is 0.215 e. The lowest BCUT2D eigenvalue weighted by atomic mass is 10.2. The first-order valence-electron chi connectivity index (χ1n) is 7.74. The third kappa shape index (κ3) is 6.49. The molecule has 0 aliphatic carbocycles. The van der Waals surface area contributed by atoms with Crippen LogP contribution in [0.2, 0.25) is 5.02 Å². The highest BCUT2D eigenvalue weighted by Crippen LogP contribution is 2.14. The fourth-order valence-corrected chi connectivity index (χ4v) is 3.51. The van der Waals surface area contributed by atoms with Crippen molar-refractivity contribution in [1.29, 1.82) is 0 Å². The Kier molecular flexibility index (Phi) is 6.57. The van der Waals surface area contributed by atoms with Gasteiger partial charge in [-0.3, -0.25) is 0 Å². The molecule has 9 heteroatoms. The zero-order valence-corrected chi connectivity index (χ0v) is 16.0. The molecule has 0 amide bonds. The van der Waals surface area contributed by atoms with Crippen molar-refractivity contribution in [2.24, 2.45) is 0 Å². The molecule has 0 fully saturated rings. The van der Waals surface area contributed by atoms with Crippen LogP contribution in [0.25, 0.3) is 0 Å². The monoisotopic (exact) mass is 383 g/mol. The minimum atomic E-state index is -3.43. The van der Waals surface area contributed by atoms with Crippen molar-refractivity contribution < 1.29 is 8.42 Å². The van der Waals surface area contributed by atoms with Crippen LogP contribution in [0.1, 0.15) is 11.4 Å². The second-order valence-electron chi connectivity index (χ2n) is 5.76. The number of benzene rings is 1. The molecule has 0 aliphatic heterocycles. The summed E-state index contributed by atoms with van der Waals surface area (Å²) in [5, 5.41) is 3.62. The first-order valence-corrected chi connectivity index (χ1v) is 9.77. The van der Waals surface area contributed by atoms with E-state index in [9.17, 15) is 8.42 Å². The van der Waals surface area contributed by atoms with Gasteiger partial charge in [-0.1, -0.05) is 23.7 Å². The summed E-state index contributed by atoms with van der Waals surface area (Å²) in [5.74, 6) is 1.99. The van der Waals surface area contributed by atoms with Gasteiger partial charge >= 0.3 is 0 Å². The molecular weight excluding hydrogens is 362 g/mol. The zero-order valence-electron chi connectivity index (χ0n) is 14.5. The Bertz CT molecular complexity index is 827. The average molecular weight is 384 g/mol. The summed E-state index contributed by atoms with van der Waals surface area (Å²) in [4.78, 5) is 10.5. The lowest BCUT2D eigenvalue weighted by Crippen LogP contribution is -2.30. The lowest BCUT2D eigenvalue weighted by molar-refractivity contribution is 0.582. The molecule has 1 aromatic heterocycles. The number of sulfonamides is 1. The molecule has 0 spiro atoms. The smallest absolute Gasteiger partial charge is 0.215 e. The van der Waals surface area contributed by atoms with E-state index in [2.05, 4.69) is 20.0 Å². The molecule has 0 unspecified atom stereocenters. The number of nitrogens with one attached hydrogen (secondary N) is 2.